The number of hydrogen-bond acceptors (Lipinski definition) is 7. The summed E-state index contributed by atoms with van der Waals surface area (Å²) < 4.78 is 1.69. The molecular formula is C32H34N8O4. The molecule has 2 aliphatic rings. The second-order valence-electron chi connectivity index (χ2n) is 11.0. The molecule has 2 saturated heterocycles. The van der Waals surface area contributed by atoms with Crippen molar-refractivity contribution in [2.24, 2.45) is 7.05 Å². The van der Waals surface area contributed by atoms with E-state index in [2.05, 4.69) is 22.2 Å². The minimum atomic E-state index is -0.860. The molecule has 0 saturated carbocycles. The molecule has 226 valence electrons. The number of aryl methyl sites for hydroxylation is 1. The molecule has 12 heteroatoms. The molecule has 0 radical (unpaired) electrons. The third-order valence-electron chi connectivity index (χ3n) is 8.08. The molecule has 2 N–H and O–H groups in total. The number of benzene rings is 3. The van der Waals surface area contributed by atoms with Crippen LogP contribution >= 0.6 is 0 Å². The van der Waals surface area contributed by atoms with Crippen LogP contribution in [0.1, 0.15) is 16.7 Å². The van der Waals surface area contributed by atoms with E-state index in [1.807, 2.05) is 55.6 Å². The van der Waals surface area contributed by atoms with E-state index in [0.717, 1.165) is 22.2 Å². The number of phenols is 1. The average Bonchev–Trinajstić information content (AvgIpc) is 3.39. The van der Waals surface area contributed by atoms with Gasteiger partial charge in [-0.05, 0) is 41.0 Å². The number of piperazine rings is 1. The molecule has 6 rings (SSSR count). The van der Waals surface area contributed by atoms with Crippen LogP contribution in [0.2, 0.25) is 0 Å². The van der Waals surface area contributed by atoms with Gasteiger partial charge in [0.05, 0.1) is 18.6 Å². The third kappa shape index (κ3) is 5.71. The van der Waals surface area contributed by atoms with Crippen LogP contribution in [0.15, 0.2) is 85.5 Å². The number of carbonyl (C=O) groups is 3. The Kier molecular flexibility index (Phi) is 7.99. The molecule has 44 heavy (non-hydrogen) atoms. The minimum absolute atomic E-state index is 0.0794. The van der Waals surface area contributed by atoms with Gasteiger partial charge in [-0.15, -0.1) is 11.7 Å². The molecule has 2 unspecified atom stereocenters. The summed E-state index contributed by atoms with van der Waals surface area (Å²) in [6.45, 7) is 4.70. The first-order valence-corrected chi connectivity index (χ1v) is 14.5. The maximum Gasteiger partial charge on any atom is 0.334 e. The fraction of sp³-hybridized carbons (Fsp3) is 0.281. The molecule has 2 aliphatic heterocycles. The van der Waals surface area contributed by atoms with Crippen LogP contribution in [0.25, 0.3) is 11.0 Å². The lowest BCUT2D eigenvalue weighted by molar-refractivity contribution is -0.189. The van der Waals surface area contributed by atoms with Gasteiger partial charge in [0.15, 0.2) is 0 Å². The van der Waals surface area contributed by atoms with E-state index in [9.17, 15) is 19.5 Å². The Bertz CT molecular complexity index is 1690. The van der Waals surface area contributed by atoms with E-state index in [1.54, 1.807) is 54.8 Å². The van der Waals surface area contributed by atoms with Gasteiger partial charge in [-0.25, -0.2) is 19.5 Å². The lowest BCUT2D eigenvalue weighted by Gasteiger charge is -2.55. The molecule has 2 fully saturated rings. The Morgan fingerprint density at radius 3 is 2.55 bits per heavy atom. The predicted molar refractivity (Wildman–Crippen MR) is 162 cm³/mol. The summed E-state index contributed by atoms with van der Waals surface area (Å²) in [5.41, 5.74) is 4.15. The number of nitrogens with one attached hydrogen (secondary N) is 1. The van der Waals surface area contributed by atoms with E-state index in [1.165, 1.54) is 0 Å². The Morgan fingerprint density at radius 2 is 1.80 bits per heavy atom. The number of aromatic hydroxyl groups is 1. The van der Waals surface area contributed by atoms with Crippen LogP contribution in [0, 0.1) is 0 Å². The number of fused-ring (bicyclic) bond motifs is 2. The summed E-state index contributed by atoms with van der Waals surface area (Å²) in [7, 11) is 1.82. The van der Waals surface area contributed by atoms with Gasteiger partial charge in [-0.1, -0.05) is 59.8 Å². The first-order chi connectivity index (χ1) is 21.3. The van der Waals surface area contributed by atoms with Crippen molar-refractivity contribution in [1.29, 1.82) is 0 Å². The van der Waals surface area contributed by atoms with Crippen LogP contribution in [0.4, 0.5) is 4.79 Å². The van der Waals surface area contributed by atoms with Crippen molar-refractivity contribution < 1.29 is 19.5 Å². The summed E-state index contributed by atoms with van der Waals surface area (Å²) in [4.78, 5) is 45.0. The Hall–Kier alpha value is -5.23. The highest BCUT2D eigenvalue weighted by Gasteiger charge is 2.51. The van der Waals surface area contributed by atoms with Gasteiger partial charge < -0.3 is 20.2 Å². The van der Waals surface area contributed by atoms with Crippen molar-refractivity contribution in [2.45, 2.75) is 31.7 Å². The first-order valence-electron chi connectivity index (χ1n) is 14.5. The fourth-order valence-corrected chi connectivity index (χ4v) is 5.96. The predicted octanol–water partition coefficient (Wildman–Crippen LogP) is 2.41. The number of rotatable bonds is 8. The maximum atomic E-state index is 14.2. The first kappa shape index (κ1) is 28.9. The van der Waals surface area contributed by atoms with Crippen LogP contribution in [0.3, 0.4) is 0 Å². The van der Waals surface area contributed by atoms with Crippen LogP contribution in [0.5, 0.6) is 5.75 Å². The highest BCUT2D eigenvalue weighted by atomic mass is 16.3. The number of hydrogen-bond donors (Lipinski definition) is 2. The normalized spacial score (nSPS) is 18.9. The van der Waals surface area contributed by atoms with E-state index in [-0.39, 0.29) is 56.2 Å². The van der Waals surface area contributed by atoms with Crippen molar-refractivity contribution >= 4 is 28.9 Å². The summed E-state index contributed by atoms with van der Waals surface area (Å²) in [6.07, 6.45) is 1.12. The molecule has 2 atom stereocenters. The SMILES string of the molecule is C=CCN1CC(=O)N2C(Cc3ccc(O)cc3)C(=O)N(Cc3ccc4c(c3)nnn4C)CC2N1C(=O)NCc1ccccc1. The van der Waals surface area contributed by atoms with Crippen molar-refractivity contribution in [3.05, 3.63) is 102 Å². The zero-order chi connectivity index (χ0) is 30.8. The van der Waals surface area contributed by atoms with Crippen molar-refractivity contribution in [1.82, 2.24) is 40.1 Å². The molecule has 3 heterocycles. The number of aromatic nitrogens is 3. The highest BCUT2D eigenvalue weighted by Crippen LogP contribution is 2.30. The molecule has 0 spiro atoms. The number of urea groups is 1. The van der Waals surface area contributed by atoms with Gasteiger partial charge in [0.25, 0.3) is 0 Å². The van der Waals surface area contributed by atoms with Gasteiger partial charge in [0, 0.05) is 33.1 Å². The number of carbonyl (C=O) groups excluding carboxylic acids is 3. The number of hydrazine groups is 1. The zero-order valence-corrected chi connectivity index (χ0v) is 24.4. The van der Waals surface area contributed by atoms with Crippen LogP contribution < -0.4 is 5.32 Å². The molecule has 4 aromatic rings. The topological polar surface area (TPSA) is 127 Å². The van der Waals surface area contributed by atoms with Gasteiger partial charge in [0.1, 0.15) is 23.5 Å². The molecule has 3 aromatic carbocycles. The van der Waals surface area contributed by atoms with Gasteiger partial charge >= 0.3 is 6.03 Å². The van der Waals surface area contributed by atoms with Gasteiger partial charge in [-0.2, -0.15) is 0 Å². The van der Waals surface area contributed by atoms with Crippen LogP contribution in [-0.2, 0) is 36.1 Å². The quantitative estimate of drug-likeness (QED) is 0.300. The number of phenolic OH excluding ortho intramolecular Hbond substituents is 1. The monoisotopic (exact) mass is 594 g/mol. The van der Waals surface area contributed by atoms with E-state index in [4.69, 9.17) is 0 Å². The minimum Gasteiger partial charge on any atom is -0.508 e. The highest BCUT2D eigenvalue weighted by molar-refractivity contribution is 5.92. The van der Waals surface area contributed by atoms with E-state index >= 15 is 0 Å². The molecule has 0 aliphatic carbocycles. The fourth-order valence-electron chi connectivity index (χ4n) is 5.96. The van der Waals surface area contributed by atoms with E-state index < -0.39 is 12.2 Å². The largest absolute Gasteiger partial charge is 0.508 e. The van der Waals surface area contributed by atoms with Crippen molar-refractivity contribution in [3.8, 4) is 5.75 Å². The smallest absolute Gasteiger partial charge is 0.334 e. The summed E-state index contributed by atoms with van der Waals surface area (Å²) in [5, 5.41) is 24.3. The summed E-state index contributed by atoms with van der Waals surface area (Å²) in [5.74, 6) is -0.358. The van der Waals surface area contributed by atoms with Crippen molar-refractivity contribution in [3.63, 3.8) is 0 Å². The zero-order valence-electron chi connectivity index (χ0n) is 24.4. The summed E-state index contributed by atoms with van der Waals surface area (Å²) >= 11 is 0. The molecule has 4 amide bonds. The Morgan fingerprint density at radius 1 is 1.05 bits per heavy atom. The van der Waals surface area contributed by atoms with Crippen molar-refractivity contribution in [2.75, 3.05) is 19.6 Å². The lowest BCUT2D eigenvalue weighted by Crippen LogP contribution is -2.76. The second-order valence-corrected chi connectivity index (χ2v) is 11.0. The van der Waals surface area contributed by atoms with Gasteiger partial charge in [0.2, 0.25) is 11.8 Å². The average molecular weight is 595 g/mol. The lowest BCUT2D eigenvalue weighted by atomic mass is 9.98. The second kappa shape index (κ2) is 12.2. The number of amides is 4. The maximum absolute atomic E-state index is 14.2. The Balaban J connectivity index is 1.35. The van der Waals surface area contributed by atoms with Gasteiger partial charge in [-0.3, -0.25) is 9.59 Å². The summed E-state index contributed by atoms with van der Waals surface area (Å²) in [6, 6.07) is 20.7. The molecule has 1 aromatic heterocycles. The standard InChI is InChI=1S/C32H34N8O4/c1-3-15-38-21-30(42)39-28(17-22-9-12-25(41)13-10-22)31(43)37(19-24-11-14-27-26(16-24)34-35-36(27)2)20-29(39)40(38)32(44)33-18-23-7-5-4-6-8-23/h3-14,16,28-29,41H,1,15,17-21H2,2H3,(H,33,44). The number of nitrogens with zero attached hydrogens (tertiary/aromatic N) is 7. The molecular weight excluding hydrogens is 560 g/mol. The van der Waals surface area contributed by atoms with E-state index in [0.29, 0.717) is 12.1 Å². The molecule has 12 nitrogen and oxygen atoms in total. The van der Waals surface area contributed by atoms with Crippen LogP contribution in [-0.4, -0.2) is 89.6 Å². The molecule has 0 bridgehead atoms. The third-order valence-corrected chi connectivity index (χ3v) is 8.08. The Labute approximate surface area is 254 Å².